The molecule has 116 valence electrons. The van der Waals surface area contributed by atoms with E-state index in [1.54, 1.807) is 17.1 Å². The van der Waals surface area contributed by atoms with Gasteiger partial charge < -0.3 is 5.32 Å². The van der Waals surface area contributed by atoms with Crippen LogP contribution in [0.4, 0.5) is 5.69 Å². The number of amides is 1. The van der Waals surface area contributed by atoms with Crippen molar-refractivity contribution >= 4 is 50.1 Å². The number of nitrogens with zero attached hydrogens (tertiary/aromatic N) is 3. The van der Waals surface area contributed by atoms with Crippen LogP contribution in [0.15, 0.2) is 53.3 Å². The van der Waals surface area contributed by atoms with Crippen LogP contribution in [-0.2, 0) is 0 Å². The smallest absolute Gasteiger partial charge is 0.259 e. The molecular weight excluding hydrogens is 471 g/mol. The van der Waals surface area contributed by atoms with Crippen LogP contribution in [0.25, 0.3) is 5.82 Å². The number of pyridine rings is 1. The number of carbonyl (C=O) groups is 1. The van der Waals surface area contributed by atoms with Gasteiger partial charge in [0.1, 0.15) is 0 Å². The van der Waals surface area contributed by atoms with E-state index in [4.69, 9.17) is 0 Å². The van der Waals surface area contributed by atoms with E-state index in [0.29, 0.717) is 11.4 Å². The highest BCUT2D eigenvalue weighted by Gasteiger charge is 2.16. The Bertz CT molecular complexity index is 864. The molecule has 0 aliphatic carbocycles. The zero-order valence-corrected chi connectivity index (χ0v) is 15.9. The topological polar surface area (TPSA) is 59.8 Å². The highest BCUT2D eigenvalue weighted by molar-refractivity contribution is 14.1. The molecule has 7 heteroatoms. The van der Waals surface area contributed by atoms with Gasteiger partial charge in [-0.15, -0.1) is 0 Å². The van der Waals surface area contributed by atoms with E-state index >= 15 is 0 Å². The Morgan fingerprint density at radius 3 is 2.87 bits per heavy atom. The fourth-order valence-corrected chi connectivity index (χ4v) is 2.96. The van der Waals surface area contributed by atoms with Crippen LogP contribution in [0.1, 0.15) is 16.1 Å². The van der Waals surface area contributed by atoms with Crippen molar-refractivity contribution in [3.63, 3.8) is 0 Å². The molecule has 0 fully saturated rings. The van der Waals surface area contributed by atoms with Crippen molar-refractivity contribution in [2.45, 2.75) is 6.92 Å². The number of nitrogens with one attached hydrogen (secondary N) is 1. The minimum atomic E-state index is -0.201. The Hall–Kier alpha value is -1.74. The first-order valence-corrected chi connectivity index (χ1v) is 8.66. The van der Waals surface area contributed by atoms with Crippen molar-refractivity contribution in [3.8, 4) is 5.82 Å². The van der Waals surface area contributed by atoms with Gasteiger partial charge >= 0.3 is 0 Å². The van der Waals surface area contributed by atoms with Crippen molar-refractivity contribution in [2.24, 2.45) is 0 Å². The number of aromatic nitrogens is 3. The Labute approximate surface area is 155 Å². The molecule has 0 bridgehead atoms. The average molecular weight is 483 g/mol. The predicted molar refractivity (Wildman–Crippen MR) is 101 cm³/mol. The number of carbonyl (C=O) groups excluding carboxylic acids is 1. The van der Waals surface area contributed by atoms with Gasteiger partial charge in [-0.25, -0.2) is 9.67 Å². The van der Waals surface area contributed by atoms with Gasteiger partial charge in [0.05, 0.1) is 23.1 Å². The predicted octanol–water partition coefficient (Wildman–Crippen LogP) is 4.20. The highest BCUT2D eigenvalue weighted by Crippen LogP contribution is 2.25. The number of hydrogen-bond acceptors (Lipinski definition) is 3. The summed E-state index contributed by atoms with van der Waals surface area (Å²) in [6.45, 7) is 1.85. The van der Waals surface area contributed by atoms with Crippen molar-refractivity contribution < 1.29 is 4.79 Å². The van der Waals surface area contributed by atoms with Gasteiger partial charge in [0.15, 0.2) is 5.82 Å². The summed E-state index contributed by atoms with van der Waals surface area (Å²) < 4.78 is 3.53. The lowest BCUT2D eigenvalue weighted by atomic mass is 10.2. The average Bonchev–Trinajstić information content (AvgIpc) is 2.93. The van der Waals surface area contributed by atoms with Crippen molar-refractivity contribution in [1.82, 2.24) is 14.8 Å². The normalized spacial score (nSPS) is 10.6. The molecule has 0 atom stereocenters. The third-order valence-corrected chi connectivity index (χ3v) is 4.66. The second kappa shape index (κ2) is 6.79. The lowest BCUT2D eigenvalue weighted by Crippen LogP contribution is -2.13. The summed E-state index contributed by atoms with van der Waals surface area (Å²) in [5.41, 5.74) is 1.98. The van der Waals surface area contributed by atoms with Crippen molar-refractivity contribution in [1.29, 1.82) is 0 Å². The quantitative estimate of drug-likeness (QED) is 0.569. The van der Waals surface area contributed by atoms with Gasteiger partial charge in [-0.3, -0.25) is 4.79 Å². The van der Waals surface area contributed by atoms with E-state index in [2.05, 4.69) is 53.9 Å². The minimum Gasteiger partial charge on any atom is -0.321 e. The first-order valence-electron chi connectivity index (χ1n) is 6.78. The molecule has 5 nitrogen and oxygen atoms in total. The SMILES string of the molecule is Cc1c(C(=O)Nc2cc(I)ccc2Br)cnn1-c1ccccn1. The van der Waals surface area contributed by atoms with E-state index < -0.39 is 0 Å². The van der Waals surface area contributed by atoms with Crippen LogP contribution in [0.5, 0.6) is 0 Å². The first-order chi connectivity index (χ1) is 11.1. The molecule has 0 spiro atoms. The lowest BCUT2D eigenvalue weighted by molar-refractivity contribution is 0.102. The highest BCUT2D eigenvalue weighted by atomic mass is 127. The molecule has 23 heavy (non-hydrogen) atoms. The van der Waals surface area contributed by atoms with E-state index in [0.717, 1.165) is 19.4 Å². The molecule has 1 amide bonds. The maximum absolute atomic E-state index is 12.5. The maximum atomic E-state index is 12.5. The summed E-state index contributed by atoms with van der Waals surface area (Å²) in [5, 5.41) is 7.18. The van der Waals surface area contributed by atoms with Gasteiger partial charge in [0.2, 0.25) is 0 Å². The molecule has 2 heterocycles. The number of anilines is 1. The lowest BCUT2D eigenvalue weighted by Gasteiger charge is -2.08. The van der Waals surface area contributed by atoms with Crippen LogP contribution in [-0.4, -0.2) is 20.7 Å². The largest absolute Gasteiger partial charge is 0.321 e. The summed E-state index contributed by atoms with van der Waals surface area (Å²) >= 11 is 5.65. The molecule has 0 aliphatic rings. The summed E-state index contributed by atoms with van der Waals surface area (Å²) in [7, 11) is 0. The first kappa shape index (κ1) is 16.1. The Morgan fingerprint density at radius 1 is 1.30 bits per heavy atom. The zero-order valence-electron chi connectivity index (χ0n) is 12.1. The van der Waals surface area contributed by atoms with Gasteiger partial charge in [-0.05, 0) is 75.8 Å². The molecule has 3 aromatic rings. The molecule has 0 aliphatic heterocycles. The summed E-state index contributed by atoms with van der Waals surface area (Å²) in [4.78, 5) is 16.8. The van der Waals surface area contributed by atoms with Crippen molar-refractivity contribution in [2.75, 3.05) is 5.32 Å². The van der Waals surface area contributed by atoms with Crippen LogP contribution in [0.3, 0.4) is 0 Å². The van der Waals surface area contributed by atoms with Gasteiger partial charge in [0, 0.05) is 14.2 Å². The molecule has 2 aromatic heterocycles. The van der Waals surface area contributed by atoms with E-state index in [1.807, 2.05) is 43.3 Å². The van der Waals surface area contributed by atoms with E-state index in [-0.39, 0.29) is 5.91 Å². The monoisotopic (exact) mass is 482 g/mol. The molecule has 0 saturated carbocycles. The molecule has 0 radical (unpaired) electrons. The third-order valence-electron chi connectivity index (χ3n) is 3.30. The molecular formula is C16H12BrIN4O. The second-order valence-corrected chi connectivity index (χ2v) is 6.92. The number of hydrogen-bond donors (Lipinski definition) is 1. The zero-order chi connectivity index (χ0) is 16.4. The summed E-state index contributed by atoms with van der Waals surface area (Å²) in [6, 6.07) is 11.3. The number of halogens is 2. The van der Waals surface area contributed by atoms with Gasteiger partial charge in [0.25, 0.3) is 5.91 Å². The minimum absolute atomic E-state index is 0.201. The maximum Gasteiger partial charge on any atom is 0.259 e. The standard InChI is InChI=1S/C16H12BrIN4O/c1-10-12(9-20-22(10)15-4-2-3-7-19-15)16(23)21-14-8-11(18)5-6-13(14)17/h2-9H,1H3,(H,21,23). The van der Waals surface area contributed by atoms with Crippen LogP contribution < -0.4 is 5.32 Å². The van der Waals surface area contributed by atoms with Crippen molar-refractivity contribution in [3.05, 3.63) is 68.1 Å². The number of rotatable bonds is 3. The summed E-state index contributed by atoms with van der Waals surface area (Å²) in [5.74, 6) is 0.479. The molecule has 3 rings (SSSR count). The van der Waals surface area contributed by atoms with E-state index in [1.165, 1.54) is 0 Å². The van der Waals surface area contributed by atoms with Gasteiger partial charge in [-0.1, -0.05) is 6.07 Å². The Kier molecular flexibility index (Phi) is 4.76. The Balaban J connectivity index is 1.89. The molecule has 0 unspecified atom stereocenters. The molecule has 1 N–H and O–H groups in total. The van der Waals surface area contributed by atoms with Crippen LogP contribution in [0.2, 0.25) is 0 Å². The van der Waals surface area contributed by atoms with Crippen LogP contribution in [0, 0.1) is 10.5 Å². The molecule has 1 aromatic carbocycles. The van der Waals surface area contributed by atoms with Gasteiger partial charge in [-0.2, -0.15) is 5.10 Å². The van der Waals surface area contributed by atoms with Crippen LogP contribution >= 0.6 is 38.5 Å². The number of benzene rings is 1. The summed E-state index contributed by atoms with van der Waals surface area (Å²) in [6.07, 6.45) is 3.25. The Morgan fingerprint density at radius 2 is 2.13 bits per heavy atom. The van der Waals surface area contributed by atoms with E-state index in [9.17, 15) is 4.79 Å². The third kappa shape index (κ3) is 3.45. The second-order valence-electron chi connectivity index (χ2n) is 4.82. The molecule has 0 saturated heterocycles. The fourth-order valence-electron chi connectivity index (χ4n) is 2.13. The fraction of sp³-hybridized carbons (Fsp3) is 0.0625.